The number of methoxy groups -OCH3 is 1. The first kappa shape index (κ1) is 13.9. The van der Waals surface area contributed by atoms with Crippen LogP contribution in [0.1, 0.15) is 5.56 Å². The molecule has 1 aromatic rings. The van der Waals surface area contributed by atoms with Gasteiger partial charge < -0.3 is 19.5 Å². The highest BCUT2D eigenvalue weighted by molar-refractivity contribution is 6.59. The molecule has 0 amide bonds. The molecule has 7 heteroatoms. The van der Waals surface area contributed by atoms with Crippen LogP contribution < -0.4 is 10.2 Å². The van der Waals surface area contributed by atoms with Gasteiger partial charge in [0.25, 0.3) is 6.43 Å². The highest BCUT2D eigenvalue weighted by atomic mass is 19.3. The molecule has 0 radical (unpaired) electrons. The summed E-state index contributed by atoms with van der Waals surface area (Å²) in [6.07, 6.45) is -2.52. The van der Waals surface area contributed by atoms with Crippen LogP contribution in [-0.2, 0) is 11.3 Å². The van der Waals surface area contributed by atoms with Crippen molar-refractivity contribution in [1.82, 2.24) is 0 Å². The van der Waals surface area contributed by atoms with E-state index < -0.39 is 20.2 Å². The fourth-order valence-corrected chi connectivity index (χ4v) is 1.34. The van der Waals surface area contributed by atoms with E-state index in [1.807, 2.05) is 0 Å². The van der Waals surface area contributed by atoms with Gasteiger partial charge in [-0.05, 0) is 11.6 Å². The van der Waals surface area contributed by atoms with Crippen LogP contribution in [0.5, 0.6) is 5.75 Å². The second-order valence-electron chi connectivity index (χ2n) is 3.36. The zero-order valence-electron chi connectivity index (χ0n) is 9.27. The summed E-state index contributed by atoms with van der Waals surface area (Å²) in [5.74, 6) is 0.317. The number of alkyl halides is 2. The number of rotatable bonds is 6. The summed E-state index contributed by atoms with van der Waals surface area (Å²) in [5, 5.41) is 18.2. The van der Waals surface area contributed by atoms with E-state index in [1.165, 1.54) is 19.2 Å². The van der Waals surface area contributed by atoms with Crippen molar-refractivity contribution in [3.63, 3.8) is 0 Å². The fourth-order valence-electron chi connectivity index (χ4n) is 1.34. The summed E-state index contributed by atoms with van der Waals surface area (Å²) in [6.45, 7) is -0.670. The van der Waals surface area contributed by atoms with Gasteiger partial charge in [-0.25, -0.2) is 8.78 Å². The third-order valence-electron chi connectivity index (χ3n) is 2.08. The molecule has 0 aliphatic heterocycles. The van der Waals surface area contributed by atoms with Crippen molar-refractivity contribution in [2.75, 3.05) is 13.7 Å². The molecule has 0 unspecified atom stereocenters. The predicted octanol–water partition coefficient (Wildman–Crippen LogP) is 0.157. The van der Waals surface area contributed by atoms with Crippen molar-refractivity contribution in [3.05, 3.63) is 23.8 Å². The maximum absolute atomic E-state index is 11.8. The lowest BCUT2D eigenvalue weighted by atomic mass is 9.79. The van der Waals surface area contributed by atoms with E-state index in [2.05, 4.69) is 0 Å². The Morgan fingerprint density at radius 3 is 2.59 bits per heavy atom. The van der Waals surface area contributed by atoms with Crippen molar-refractivity contribution >= 4 is 12.6 Å². The molecule has 0 aliphatic carbocycles. The van der Waals surface area contributed by atoms with Gasteiger partial charge in [0.05, 0.1) is 13.7 Å². The largest absolute Gasteiger partial charge is 0.497 e. The first-order chi connectivity index (χ1) is 8.04. The van der Waals surface area contributed by atoms with Crippen LogP contribution in [0.3, 0.4) is 0 Å². The van der Waals surface area contributed by atoms with Gasteiger partial charge in [0, 0.05) is 5.46 Å². The van der Waals surface area contributed by atoms with Crippen LogP contribution in [-0.4, -0.2) is 37.3 Å². The molecule has 1 aromatic carbocycles. The number of hydrogen-bond acceptors (Lipinski definition) is 4. The maximum Gasteiger partial charge on any atom is 0.492 e. The second-order valence-corrected chi connectivity index (χ2v) is 3.36. The van der Waals surface area contributed by atoms with Gasteiger partial charge in [-0.1, -0.05) is 12.1 Å². The Labute approximate surface area is 97.9 Å². The van der Waals surface area contributed by atoms with E-state index in [4.69, 9.17) is 19.5 Å². The molecule has 0 saturated carbocycles. The van der Waals surface area contributed by atoms with Gasteiger partial charge in [0.1, 0.15) is 12.4 Å². The first-order valence-corrected chi connectivity index (χ1v) is 4.93. The van der Waals surface area contributed by atoms with Gasteiger partial charge >= 0.3 is 7.12 Å². The van der Waals surface area contributed by atoms with E-state index in [0.29, 0.717) is 11.3 Å². The lowest BCUT2D eigenvalue weighted by molar-refractivity contribution is 0.00988. The standard InChI is InChI=1S/C10H13BF2O4/c1-16-9-3-2-7(4-8(9)11(14)15)5-17-6-10(12)13/h2-4,10,14-15H,5-6H2,1H3. The normalized spacial score (nSPS) is 10.7. The van der Waals surface area contributed by atoms with Crippen molar-refractivity contribution in [3.8, 4) is 5.75 Å². The molecule has 1 rings (SSSR count). The summed E-state index contributed by atoms with van der Waals surface area (Å²) in [5.41, 5.74) is 0.736. The van der Waals surface area contributed by atoms with Crippen molar-refractivity contribution in [2.24, 2.45) is 0 Å². The molecule has 0 aliphatic rings. The van der Waals surface area contributed by atoms with Crippen LogP contribution in [0.15, 0.2) is 18.2 Å². The molecular formula is C10H13BF2O4. The second kappa shape index (κ2) is 6.53. The Hall–Kier alpha value is -1.18. The van der Waals surface area contributed by atoms with Crippen LogP contribution in [0.25, 0.3) is 0 Å². The van der Waals surface area contributed by atoms with Gasteiger partial charge in [0.2, 0.25) is 0 Å². The minimum atomic E-state index is -2.52. The minimum absolute atomic E-state index is 0.0198. The van der Waals surface area contributed by atoms with Crippen molar-refractivity contribution in [2.45, 2.75) is 13.0 Å². The maximum atomic E-state index is 11.8. The number of hydrogen-bond donors (Lipinski definition) is 2. The highest BCUT2D eigenvalue weighted by Crippen LogP contribution is 2.11. The van der Waals surface area contributed by atoms with Crippen LogP contribution in [0, 0.1) is 0 Å². The Balaban J connectivity index is 2.71. The summed E-state index contributed by atoms with van der Waals surface area (Å²) >= 11 is 0. The van der Waals surface area contributed by atoms with E-state index in [1.54, 1.807) is 6.07 Å². The molecule has 0 atom stereocenters. The average Bonchev–Trinajstić information content (AvgIpc) is 2.28. The third-order valence-corrected chi connectivity index (χ3v) is 2.08. The lowest BCUT2D eigenvalue weighted by Gasteiger charge is -2.10. The predicted molar refractivity (Wildman–Crippen MR) is 58.5 cm³/mol. The van der Waals surface area contributed by atoms with Crippen molar-refractivity contribution < 1.29 is 28.3 Å². The molecule has 17 heavy (non-hydrogen) atoms. The topological polar surface area (TPSA) is 58.9 Å². The van der Waals surface area contributed by atoms with Crippen LogP contribution in [0.2, 0.25) is 0 Å². The van der Waals surface area contributed by atoms with E-state index in [0.717, 1.165) is 0 Å². The van der Waals surface area contributed by atoms with Crippen molar-refractivity contribution in [1.29, 1.82) is 0 Å². The van der Waals surface area contributed by atoms with Gasteiger partial charge in [-0.2, -0.15) is 0 Å². The highest BCUT2D eigenvalue weighted by Gasteiger charge is 2.17. The number of ether oxygens (including phenoxy) is 2. The SMILES string of the molecule is COc1ccc(COCC(F)F)cc1B(O)O. The Kier molecular flexibility index (Phi) is 5.34. The molecule has 94 valence electrons. The van der Waals surface area contributed by atoms with Gasteiger partial charge in [-0.15, -0.1) is 0 Å². The van der Waals surface area contributed by atoms with E-state index >= 15 is 0 Å². The summed E-state index contributed by atoms with van der Waals surface area (Å²) in [7, 11) is -0.284. The van der Waals surface area contributed by atoms with E-state index in [9.17, 15) is 8.78 Å². The molecule has 0 fully saturated rings. The molecule has 0 aromatic heterocycles. The molecule has 0 heterocycles. The fraction of sp³-hybridized carbons (Fsp3) is 0.400. The van der Waals surface area contributed by atoms with E-state index in [-0.39, 0.29) is 12.1 Å². The smallest absolute Gasteiger partial charge is 0.492 e. The number of halogens is 2. The lowest BCUT2D eigenvalue weighted by Crippen LogP contribution is -2.31. The summed E-state index contributed by atoms with van der Waals surface area (Å²) in [4.78, 5) is 0. The van der Waals surface area contributed by atoms with Gasteiger partial charge in [-0.3, -0.25) is 0 Å². The third kappa shape index (κ3) is 4.30. The Morgan fingerprint density at radius 1 is 1.35 bits per heavy atom. The zero-order valence-corrected chi connectivity index (χ0v) is 9.27. The molecular weight excluding hydrogens is 233 g/mol. The molecule has 4 nitrogen and oxygen atoms in total. The quantitative estimate of drug-likeness (QED) is 0.702. The number of benzene rings is 1. The average molecular weight is 246 g/mol. The summed E-state index contributed by atoms with van der Waals surface area (Å²) < 4.78 is 33.3. The zero-order chi connectivity index (χ0) is 12.8. The molecule has 0 bridgehead atoms. The monoisotopic (exact) mass is 246 g/mol. The van der Waals surface area contributed by atoms with Crippen LogP contribution >= 0.6 is 0 Å². The first-order valence-electron chi connectivity index (χ1n) is 4.93. The Bertz CT molecular complexity index is 360. The Morgan fingerprint density at radius 2 is 2.06 bits per heavy atom. The molecule has 2 N–H and O–H groups in total. The van der Waals surface area contributed by atoms with Crippen LogP contribution in [0.4, 0.5) is 8.78 Å². The molecule has 0 saturated heterocycles. The summed E-state index contributed by atoms with van der Waals surface area (Å²) in [6, 6.07) is 4.57. The molecule has 0 spiro atoms. The van der Waals surface area contributed by atoms with Gasteiger partial charge in [0.15, 0.2) is 0 Å². The minimum Gasteiger partial charge on any atom is -0.497 e.